The number of carbonyl (C=O) groups excluding carboxylic acids is 2. The van der Waals surface area contributed by atoms with Crippen LogP contribution in [0.4, 0.5) is 4.39 Å². The molecule has 10 nitrogen and oxygen atoms in total. The molecule has 0 aliphatic carbocycles. The molecule has 0 saturated carbocycles. The van der Waals surface area contributed by atoms with Crippen LogP contribution in [0.2, 0.25) is 0 Å². The van der Waals surface area contributed by atoms with Crippen LogP contribution in [-0.2, 0) is 11.2 Å². The summed E-state index contributed by atoms with van der Waals surface area (Å²) in [7, 11) is 0. The molecular weight excluding hydrogens is 519 g/mol. The van der Waals surface area contributed by atoms with Gasteiger partial charge in [-0.2, -0.15) is 4.98 Å². The van der Waals surface area contributed by atoms with Gasteiger partial charge in [0.15, 0.2) is 5.82 Å². The Labute approximate surface area is 228 Å². The highest BCUT2D eigenvalue weighted by Crippen LogP contribution is 2.29. The number of aromatic nitrogens is 2. The zero-order valence-corrected chi connectivity index (χ0v) is 21.5. The maximum absolute atomic E-state index is 15.1. The predicted octanol–water partition coefficient (Wildman–Crippen LogP) is 3.92. The number of hydrogen-bond donors (Lipinski definition) is 5. The van der Waals surface area contributed by atoms with E-state index < -0.39 is 29.5 Å². The smallest absolute Gasteiger partial charge is 0.336 e. The number of hydrogen-bond acceptors (Lipinski definition) is 6. The fourth-order valence-corrected chi connectivity index (χ4v) is 4.28. The molecule has 0 aliphatic rings. The van der Waals surface area contributed by atoms with E-state index in [-0.39, 0.29) is 48.0 Å². The lowest BCUT2D eigenvalue weighted by atomic mass is 9.97. The quantitative estimate of drug-likeness (QED) is 0.141. The van der Waals surface area contributed by atoms with Gasteiger partial charge in [-0.05, 0) is 35.7 Å². The standard InChI is InChI=1S/C29H27FN4O6/c1-2-40-28-24(15-17-12-13-20(23(30)14-17)19-10-6-7-11-21(19)29(37)38)32-25(33-28)27(36)31-16-22(26(35)34-39)18-8-4-3-5-9-18/h3-14,22,39H,2,15-16H2,1H3,(H,31,36)(H,32,33)(H,34,35)(H,37,38). The fourth-order valence-electron chi connectivity index (χ4n) is 4.28. The summed E-state index contributed by atoms with van der Waals surface area (Å²) in [5.41, 5.74) is 3.58. The van der Waals surface area contributed by atoms with Crippen molar-refractivity contribution < 1.29 is 33.8 Å². The van der Waals surface area contributed by atoms with Crippen LogP contribution >= 0.6 is 0 Å². The van der Waals surface area contributed by atoms with Crippen LogP contribution < -0.4 is 15.5 Å². The Kier molecular flexibility index (Phi) is 8.87. The zero-order chi connectivity index (χ0) is 28.6. The molecule has 0 bridgehead atoms. The van der Waals surface area contributed by atoms with Crippen LogP contribution in [0.1, 0.15) is 50.6 Å². The molecule has 11 heteroatoms. The monoisotopic (exact) mass is 546 g/mol. The van der Waals surface area contributed by atoms with E-state index >= 15 is 4.39 Å². The van der Waals surface area contributed by atoms with Crippen molar-refractivity contribution >= 4 is 17.8 Å². The minimum atomic E-state index is -1.16. The summed E-state index contributed by atoms with van der Waals surface area (Å²) < 4.78 is 20.7. The molecule has 1 atom stereocenters. The van der Waals surface area contributed by atoms with Gasteiger partial charge < -0.3 is 20.1 Å². The molecular formula is C29H27FN4O6. The third-order valence-corrected chi connectivity index (χ3v) is 6.19. The molecule has 0 saturated heterocycles. The Morgan fingerprint density at radius 3 is 2.42 bits per heavy atom. The predicted molar refractivity (Wildman–Crippen MR) is 143 cm³/mol. The highest BCUT2D eigenvalue weighted by Gasteiger charge is 2.23. The van der Waals surface area contributed by atoms with Crippen molar-refractivity contribution in [1.82, 2.24) is 20.8 Å². The lowest BCUT2D eigenvalue weighted by Gasteiger charge is -2.15. The van der Waals surface area contributed by atoms with E-state index in [1.807, 2.05) is 0 Å². The first kappa shape index (κ1) is 28.0. The van der Waals surface area contributed by atoms with E-state index in [1.54, 1.807) is 67.0 Å². The molecule has 1 heterocycles. The van der Waals surface area contributed by atoms with E-state index in [4.69, 9.17) is 9.94 Å². The van der Waals surface area contributed by atoms with Gasteiger partial charge in [0, 0.05) is 18.5 Å². The van der Waals surface area contributed by atoms with E-state index in [0.717, 1.165) is 0 Å². The highest BCUT2D eigenvalue weighted by molar-refractivity contribution is 5.96. The number of carboxylic acids is 1. The van der Waals surface area contributed by atoms with Crippen molar-refractivity contribution in [2.24, 2.45) is 0 Å². The Hall–Kier alpha value is -5.03. The van der Waals surface area contributed by atoms with Gasteiger partial charge in [0.2, 0.25) is 5.88 Å². The topological polar surface area (TPSA) is 154 Å². The maximum atomic E-state index is 15.1. The van der Waals surface area contributed by atoms with Crippen LogP contribution in [0.15, 0.2) is 72.8 Å². The molecule has 1 unspecified atom stereocenters. The first-order valence-corrected chi connectivity index (χ1v) is 12.4. The van der Waals surface area contributed by atoms with Crippen molar-refractivity contribution in [2.45, 2.75) is 19.3 Å². The van der Waals surface area contributed by atoms with Gasteiger partial charge in [0.05, 0.1) is 23.8 Å². The van der Waals surface area contributed by atoms with Gasteiger partial charge in [-0.25, -0.2) is 14.7 Å². The van der Waals surface area contributed by atoms with Crippen molar-refractivity contribution in [3.8, 4) is 17.0 Å². The number of nitrogens with one attached hydrogen (secondary N) is 3. The maximum Gasteiger partial charge on any atom is 0.336 e. The molecule has 1 aromatic heterocycles. The second-order valence-electron chi connectivity index (χ2n) is 8.79. The lowest BCUT2D eigenvalue weighted by molar-refractivity contribution is -0.130. The minimum absolute atomic E-state index is 0.0111. The zero-order valence-electron chi connectivity index (χ0n) is 21.5. The Balaban J connectivity index is 1.53. The SMILES string of the molecule is CCOc1nc(C(=O)NCC(C(=O)NO)c2ccccc2)[nH]c1Cc1ccc(-c2ccccc2C(=O)O)c(F)c1. The van der Waals surface area contributed by atoms with E-state index in [9.17, 15) is 19.5 Å². The van der Waals surface area contributed by atoms with Crippen molar-refractivity contribution in [2.75, 3.05) is 13.2 Å². The minimum Gasteiger partial charge on any atom is -0.478 e. The number of aromatic carboxylic acids is 1. The second kappa shape index (κ2) is 12.7. The number of carboxylic acid groups (broad SMARTS) is 1. The molecule has 3 aromatic carbocycles. The molecule has 5 N–H and O–H groups in total. The summed E-state index contributed by atoms with van der Waals surface area (Å²) >= 11 is 0. The van der Waals surface area contributed by atoms with Crippen LogP contribution in [0.3, 0.4) is 0 Å². The number of imidazole rings is 1. The lowest BCUT2D eigenvalue weighted by Crippen LogP contribution is -2.36. The average molecular weight is 547 g/mol. The molecule has 0 spiro atoms. The van der Waals surface area contributed by atoms with Gasteiger partial charge >= 0.3 is 5.97 Å². The average Bonchev–Trinajstić information content (AvgIpc) is 3.36. The van der Waals surface area contributed by atoms with E-state index in [0.29, 0.717) is 16.8 Å². The van der Waals surface area contributed by atoms with Crippen molar-refractivity contribution in [3.63, 3.8) is 0 Å². The molecule has 2 amide bonds. The van der Waals surface area contributed by atoms with E-state index in [1.165, 1.54) is 18.2 Å². The summed E-state index contributed by atoms with van der Waals surface area (Å²) in [5.74, 6) is -3.79. The van der Waals surface area contributed by atoms with Crippen LogP contribution in [0.5, 0.6) is 5.88 Å². The van der Waals surface area contributed by atoms with Crippen LogP contribution in [0.25, 0.3) is 11.1 Å². The first-order valence-electron chi connectivity index (χ1n) is 12.4. The number of halogens is 1. The summed E-state index contributed by atoms with van der Waals surface area (Å²) in [6.45, 7) is 1.91. The molecule has 206 valence electrons. The van der Waals surface area contributed by atoms with Crippen molar-refractivity contribution in [1.29, 1.82) is 0 Å². The van der Waals surface area contributed by atoms with Gasteiger partial charge in [0.1, 0.15) is 5.82 Å². The number of carbonyl (C=O) groups is 3. The summed E-state index contributed by atoms with van der Waals surface area (Å²) in [4.78, 5) is 43.8. The number of benzene rings is 3. The van der Waals surface area contributed by atoms with Gasteiger partial charge in [-0.15, -0.1) is 0 Å². The summed E-state index contributed by atoms with van der Waals surface area (Å²) in [5, 5.41) is 21.2. The van der Waals surface area contributed by atoms with Gasteiger partial charge in [0.25, 0.3) is 11.8 Å². The largest absolute Gasteiger partial charge is 0.478 e. The van der Waals surface area contributed by atoms with Crippen LogP contribution in [-0.4, -0.2) is 51.2 Å². The highest BCUT2D eigenvalue weighted by atomic mass is 19.1. The molecule has 0 aliphatic heterocycles. The van der Waals surface area contributed by atoms with Gasteiger partial charge in [-0.1, -0.05) is 60.7 Å². The molecule has 40 heavy (non-hydrogen) atoms. The molecule has 0 fully saturated rings. The number of ether oxygens (including phenoxy) is 1. The van der Waals surface area contributed by atoms with Crippen molar-refractivity contribution in [3.05, 3.63) is 107 Å². The number of amides is 2. The number of hydroxylamine groups is 1. The Bertz CT molecular complexity index is 1520. The third kappa shape index (κ3) is 6.33. The number of rotatable bonds is 11. The second-order valence-corrected chi connectivity index (χ2v) is 8.79. The first-order chi connectivity index (χ1) is 19.3. The van der Waals surface area contributed by atoms with E-state index in [2.05, 4.69) is 15.3 Å². The fraction of sp³-hybridized carbons (Fsp3) is 0.172. The molecule has 0 radical (unpaired) electrons. The number of nitrogens with zero attached hydrogens (tertiary/aromatic N) is 1. The normalized spacial score (nSPS) is 11.5. The van der Waals surface area contributed by atoms with Gasteiger partial charge in [-0.3, -0.25) is 14.8 Å². The third-order valence-electron chi connectivity index (χ3n) is 6.19. The molecule has 4 rings (SSSR count). The Morgan fingerprint density at radius 1 is 1.02 bits per heavy atom. The number of H-pyrrole nitrogens is 1. The summed E-state index contributed by atoms with van der Waals surface area (Å²) in [6, 6.07) is 19.3. The number of aromatic amines is 1. The molecule has 4 aromatic rings. The Morgan fingerprint density at radius 2 is 1.75 bits per heavy atom. The van der Waals surface area contributed by atoms with Crippen LogP contribution in [0, 0.1) is 5.82 Å². The summed E-state index contributed by atoms with van der Waals surface area (Å²) in [6.07, 6.45) is 0.146.